The number of rotatable bonds is 4. The Morgan fingerprint density at radius 3 is 2.02 bits per heavy atom. The number of nitrogens with zero attached hydrogens (tertiary/aromatic N) is 3. The topological polar surface area (TPSA) is 43.9 Å². The van der Waals surface area contributed by atoms with Crippen LogP contribution in [0, 0.1) is 0 Å². The molecule has 0 spiro atoms. The average molecular weight is 516 g/mol. The van der Waals surface area contributed by atoms with Crippen LogP contribution in [-0.2, 0) is 0 Å². The van der Waals surface area contributed by atoms with Crippen molar-refractivity contribution in [1.29, 1.82) is 0 Å². The summed E-state index contributed by atoms with van der Waals surface area (Å²) in [6.45, 7) is 0. The summed E-state index contributed by atoms with van der Waals surface area (Å²) < 4.78 is 8.39. The zero-order valence-corrected chi connectivity index (χ0v) is 21.8. The second-order valence-corrected chi connectivity index (χ2v) is 10.2. The molecule has 0 atom stereocenters. The maximum absolute atomic E-state index is 6.01. The third-order valence-electron chi connectivity index (χ3n) is 7.82. The molecule has 0 bridgehead atoms. The normalized spacial score (nSPS) is 13.6. The van der Waals surface area contributed by atoms with Gasteiger partial charge in [0.2, 0.25) is 0 Å². The predicted molar refractivity (Wildman–Crippen MR) is 164 cm³/mol. The molecule has 8 rings (SSSR count). The molecule has 4 aromatic carbocycles. The second-order valence-electron chi connectivity index (χ2n) is 10.2. The molecule has 0 amide bonds. The van der Waals surface area contributed by atoms with E-state index in [4.69, 9.17) is 14.4 Å². The van der Waals surface area contributed by atoms with Crippen molar-refractivity contribution in [2.45, 2.75) is 12.8 Å². The van der Waals surface area contributed by atoms with Crippen molar-refractivity contribution >= 4 is 44.0 Å². The van der Waals surface area contributed by atoms with Gasteiger partial charge in [-0.25, -0.2) is 9.97 Å². The van der Waals surface area contributed by atoms with Gasteiger partial charge in [-0.05, 0) is 42.7 Å². The third kappa shape index (κ3) is 3.69. The minimum absolute atomic E-state index is 0.783. The fourth-order valence-corrected chi connectivity index (χ4v) is 5.88. The lowest BCUT2D eigenvalue weighted by molar-refractivity contribution is 0.618. The Morgan fingerprint density at radius 2 is 1.32 bits per heavy atom. The number of furan rings is 1. The van der Waals surface area contributed by atoms with Gasteiger partial charge in [0.15, 0.2) is 11.4 Å². The van der Waals surface area contributed by atoms with E-state index in [2.05, 4.69) is 108 Å². The lowest BCUT2D eigenvalue weighted by atomic mass is 10.00. The van der Waals surface area contributed by atoms with Crippen LogP contribution in [0.1, 0.15) is 18.7 Å². The molecule has 4 heteroatoms. The highest BCUT2D eigenvalue weighted by molar-refractivity contribution is 6.17. The molecule has 0 aliphatic heterocycles. The van der Waals surface area contributed by atoms with E-state index in [1.165, 1.54) is 22.0 Å². The van der Waals surface area contributed by atoms with Crippen LogP contribution in [0.3, 0.4) is 0 Å². The van der Waals surface area contributed by atoms with Crippen molar-refractivity contribution in [3.05, 3.63) is 133 Å². The summed E-state index contributed by atoms with van der Waals surface area (Å²) in [5.41, 5.74) is 9.66. The van der Waals surface area contributed by atoms with Crippen LogP contribution in [0.25, 0.3) is 66.6 Å². The second kappa shape index (κ2) is 9.21. The molecule has 0 radical (unpaired) electrons. The van der Waals surface area contributed by atoms with Gasteiger partial charge in [0.1, 0.15) is 0 Å². The minimum Gasteiger partial charge on any atom is -0.462 e. The molecule has 1 aliphatic rings. The van der Waals surface area contributed by atoms with Crippen molar-refractivity contribution in [3.63, 3.8) is 0 Å². The van der Waals surface area contributed by atoms with Gasteiger partial charge >= 0.3 is 0 Å². The molecule has 0 unspecified atom stereocenters. The lowest BCUT2D eigenvalue weighted by Gasteiger charge is -2.18. The van der Waals surface area contributed by atoms with E-state index < -0.39 is 0 Å². The number of allylic oxidation sites excluding steroid dienone is 4. The third-order valence-corrected chi connectivity index (χ3v) is 7.82. The van der Waals surface area contributed by atoms with Gasteiger partial charge in [-0.1, -0.05) is 97.1 Å². The van der Waals surface area contributed by atoms with E-state index in [0.717, 1.165) is 63.2 Å². The number of aromatic nitrogens is 3. The standard InChI is InChI=1S/C36H25N3O/c1-3-9-24(10-4-1)31-23-32(25-11-5-2-6-12-25)38-36(37-31)27-15-18-28(19-16-27)39-33-14-8-7-13-29(33)30-20-17-26-21-22-40-35(26)34(30)39/h1-15,17-18,20-23H,16,19H2. The van der Waals surface area contributed by atoms with Crippen LogP contribution in [-0.4, -0.2) is 14.5 Å². The summed E-state index contributed by atoms with van der Waals surface area (Å²) in [7, 11) is 0. The van der Waals surface area contributed by atoms with Crippen LogP contribution in [0.2, 0.25) is 0 Å². The van der Waals surface area contributed by atoms with E-state index in [1.54, 1.807) is 6.26 Å². The Kier molecular flexibility index (Phi) is 5.23. The minimum atomic E-state index is 0.783. The number of hydrogen-bond donors (Lipinski definition) is 0. The fraction of sp³-hybridized carbons (Fsp3) is 0.0556. The molecule has 3 aromatic heterocycles. The SMILES string of the molecule is C1=C(c2nc(-c3ccccc3)cc(-c3ccccc3)n2)CCC(n2c3ccccc3c3ccc4ccoc4c32)=C1. The quantitative estimate of drug-likeness (QED) is 0.234. The largest absolute Gasteiger partial charge is 0.462 e. The molecule has 0 saturated heterocycles. The van der Waals surface area contributed by atoms with Crippen LogP contribution in [0.4, 0.5) is 0 Å². The van der Waals surface area contributed by atoms with E-state index in [0.29, 0.717) is 0 Å². The highest BCUT2D eigenvalue weighted by Gasteiger charge is 2.20. The zero-order chi connectivity index (χ0) is 26.5. The van der Waals surface area contributed by atoms with Crippen molar-refractivity contribution in [2.24, 2.45) is 0 Å². The fourth-order valence-electron chi connectivity index (χ4n) is 5.88. The molecule has 190 valence electrons. The summed E-state index contributed by atoms with van der Waals surface area (Å²) in [6, 6.07) is 37.8. The molecule has 0 fully saturated rings. The van der Waals surface area contributed by atoms with E-state index in [9.17, 15) is 0 Å². The summed E-state index contributed by atoms with van der Waals surface area (Å²) in [4.78, 5) is 10.1. The Morgan fingerprint density at radius 1 is 0.625 bits per heavy atom. The van der Waals surface area contributed by atoms with Crippen molar-refractivity contribution in [3.8, 4) is 22.5 Å². The molecule has 0 saturated carbocycles. The summed E-state index contributed by atoms with van der Waals surface area (Å²) >= 11 is 0. The first-order chi connectivity index (χ1) is 19.8. The van der Waals surface area contributed by atoms with Crippen LogP contribution in [0.5, 0.6) is 0 Å². The van der Waals surface area contributed by atoms with E-state index in [1.807, 2.05) is 18.2 Å². The Balaban J connectivity index is 1.28. The highest BCUT2D eigenvalue weighted by atomic mass is 16.3. The summed E-state index contributed by atoms with van der Waals surface area (Å²) in [5, 5.41) is 3.56. The van der Waals surface area contributed by atoms with Gasteiger partial charge in [0.25, 0.3) is 0 Å². The Hall–Kier alpha value is -5.22. The maximum Gasteiger partial charge on any atom is 0.158 e. The molecule has 0 N–H and O–H groups in total. The summed E-state index contributed by atoms with van der Waals surface area (Å²) in [5.74, 6) is 0.783. The number of fused-ring (bicyclic) bond motifs is 5. The molecule has 7 aromatic rings. The van der Waals surface area contributed by atoms with Gasteiger partial charge in [0, 0.05) is 33.0 Å². The molecule has 3 heterocycles. The first-order valence-electron chi connectivity index (χ1n) is 13.6. The predicted octanol–water partition coefficient (Wildman–Crippen LogP) is 9.38. The Bertz CT molecular complexity index is 2040. The molecule has 4 nitrogen and oxygen atoms in total. The van der Waals surface area contributed by atoms with Crippen molar-refractivity contribution in [2.75, 3.05) is 0 Å². The summed E-state index contributed by atoms with van der Waals surface area (Å²) in [6.07, 6.45) is 7.92. The molecular weight excluding hydrogens is 490 g/mol. The zero-order valence-electron chi connectivity index (χ0n) is 21.8. The van der Waals surface area contributed by atoms with Crippen LogP contribution < -0.4 is 0 Å². The number of benzene rings is 4. The highest BCUT2D eigenvalue weighted by Crippen LogP contribution is 2.39. The van der Waals surface area contributed by atoms with Gasteiger partial charge in [-0.3, -0.25) is 0 Å². The van der Waals surface area contributed by atoms with Crippen molar-refractivity contribution in [1.82, 2.24) is 14.5 Å². The molecular formula is C36H25N3O. The molecule has 1 aliphatic carbocycles. The Labute approximate surface area is 231 Å². The van der Waals surface area contributed by atoms with Crippen molar-refractivity contribution < 1.29 is 4.42 Å². The molecule has 40 heavy (non-hydrogen) atoms. The number of hydrogen-bond acceptors (Lipinski definition) is 3. The monoisotopic (exact) mass is 515 g/mol. The van der Waals surface area contributed by atoms with Crippen LogP contribution >= 0.6 is 0 Å². The van der Waals surface area contributed by atoms with E-state index in [-0.39, 0.29) is 0 Å². The average Bonchev–Trinajstić information content (AvgIpc) is 3.65. The van der Waals surface area contributed by atoms with Gasteiger partial charge in [-0.2, -0.15) is 0 Å². The lowest BCUT2D eigenvalue weighted by Crippen LogP contribution is -2.04. The van der Waals surface area contributed by atoms with E-state index >= 15 is 0 Å². The first kappa shape index (κ1) is 22.7. The first-order valence-corrected chi connectivity index (χ1v) is 13.6. The van der Waals surface area contributed by atoms with Gasteiger partial charge in [0.05, 0.1) is 28.7 Å². The maximum atomic E-state index is 6.01. The van der Waals surface area contributed by atoms with Gasteiger partial charge < -0.3 is 8.98 Å². The number of para-hydroxylation sites is 1. The van der Waals surface area contributed by atoms with Crippen LogP contribution in [0.15, 0.2) is 132 Å². The smallest absolute Gasteiger partial charge is 0.158 e. The van der Waals surface area contributed by atoms with Gasteiger partial charge in [-0.15, -0.1) is 0 Å².